The third kappa shape index (κ3) is 9.30. The van der Waals surface area contributed by atoms with Gasteiger partial charge in [-0.1, -0.05) is 43.3 Å². The molecule has 3 aromatic heterocycles. The van der Waals surface area contributed by atoms with Crippen molar-refractivity contribution in [2.24, 2.45) is 12.8 Å². The molecule has 350 valence electrons. The summed E-state index contributed by atoms with van der Waals surface area (Å²) in [5.41, 5.74) is 12.9. The molecule has 2 amide bonds. The van der Waals surface area contributed by atoms with Gasteiger partial charge in [0.05, 0.1) is 54.7 Å². The first-order valence-corrected chi connectivity index (χ1v) is 22.1. The number of fused-ring (bicyclic) bond motifs is 2. The van der Waals surface area contributed by atoms with Crippen molar-refractivity contribution in [2.75, 3.05) is 44.9 Å². The lowest BCUT2D eigenvalue weighted by molar-refractivity contribution is -0.286. The molecule has 0 radical (unpaired) electrons. The van der Waals surface area contributed by atoms with E-state index in [2.05, 4.69) is 36.4 Å². The number of amides is 2. The number of nitrogens with one attached hydrogen (secondary N) is 3. The molecular weight excluding hydrogens is 879 g/mol. The van der Waals surface area contributed by atoms with Crippen LogP contribution in [0.3, 0.4) is 0 Å². The van der Waals surface area contributed by atoms with Gasteiger partial charge in [0.25, 0.3) is 5.91 Å². The van der Waals surface area contributed by atoms with Crippen molar-refractivity contribution in [1.82, 2.24) is 25.1 Å². The SMILES string of the molecule is CCc1cc(C2C(C#N)=C(N)Oc3n[nH]c(-c4ccn(C)c4)c32)ccc1OCCOCCOCCNC(=O)c1cccc(-c2nc(NC(=O)C3(c4ccc5c(c4)OC(F)(F)O5)CC3)ccc2C)c1. The van der Waals surface area contributed by atoms with Gasteiger partial charge in [-0.05, 0) is 90.9 Å². The van der Waals surface area contributed by atoms with E-state index >= 15 is 0 Å². The molecule has 3 aromatic carbocycles. The fraction of sp³-hybridized carbons (Fsp3) is 0.300. The number of benzene rings is 3. The molecule has 5 heterocycles. The Hall–Kier alpha value is -7.75. The number of hydrogen-bond acceptors (Lipinski definition) is 12. The second kappa shape index (κ2) is 18.9. The number of aromatic amines is 1. The molecule has 18 heteroatoms. The highest BCUT2D eigenvalue weighted by molar-refractivity contribution is 6.01. The average molecular weight is 927 g/mol. The Kier molecular flexibility index (Phi) is 12.6. The Morgan fingerprint density at radius 1 is 0.971 bits per heavy atom. The minimum absolute atomic E-state index is 0.0215. The number of alkyl halides is 2. The first kappa shape index (κ1) is 45.4. The second-order valence-corrected chi connectivity index (χ2v) is 16.7. The number of halogens is 2. The minimum atomic E-state index is -3.75. The Labute approximate surface area is 390 Å². The molecule has 0 spiro atoms. The molecular formula is C50H48F2N8O8. The van der Waals surface area contributed by atoms with Crippen LogP contribution in [0.5, 0.6) is 23.1 Å². The normalized spacial score (nSPS) is 16.1. The number of rotatable bonds is 18. The van der Waals surface area contributed by atoms with Crippen LogP contribution in [0.25, 0.3) is 22.5 Å². The molecule has 1 aliphatic carbocycles. The van der Waals surface area contributed by atoms with Gasteiger partial charge in [-0.2, -0.15) is 5.26 Å². The predicted molar refractivity (Wildman–Crippen MR) is 244 cm³/mol. The Morgan fingerprint density at radius 3 is 2.53 bits per heavy atom. The summed E-state index contributed by atoms with van der Waals surface area (Å²) in [5.74, 6) is 0.0858. The van der Waals surface area contributed by atoms with E-state index in [-0.39, 0.29) is 42.3 Å². The molecule has 1 atom stereocenters. The summed E-state index contributed by atoms with van der Waals surface area (Å²) in [5, 5.41) is 23.4. The van der Waals surface area contributed by atoms with E-state index in [0.29, 0.717) is 91.1 Å². The smallest absolute Gasteiger partial charge is 0.491 e. The van der Waals surface area contributed by atoms with E-state index in [0.717, 1.165) is 33.5 Å². The molecule has 16 nitrogen and oxygen atoms in total. The van der Waals surface area contributed by atoms with Gasteiger partial charge in [-0.15, -0.1) is 13.9 Å². The van der Waals surface area contributed by atoms with Crippen LogP contribution in [0, 0.1) is 18.3 Å². The van der Waals surface area contributed by atoms with Crippen molar-refractivity contribution in [2.45, 2.75) is 50.7 Å². The molecule has 1 saturated carbocycles. The summed E-state index contributed by atoms with van der Waals surface area (Å²) >= 11 is 0. The van der Waals surface area contributed by atoms with E-state index in [1.54, 1.807) is 30.3 Å². The van der Waals surface area contributed by atoms with Gasteiger partial charge < -0.3 is 49.4 Å². The molecule has 68 heavy (non-hydrogen) atoms. The molecule has 0 bridgehead atoms. The van der Waals surface area contributed by atoms with Crippen molar-refractivity contribution in [3.05, 3.63) is 136 Å². The van der Waals surface area contributed by atoms with Crippen LogP contribution in [0.4, 0.5) is 14.6 Å². The number of nitrogens with two attached hydrogens (primary N) is 1. The molecule has 9 rings (SSSR count). The predicted octanol–water partition coefficient (Wildman–Crippen LogP) is 7.40. The van der Waals surface area contributed by atoms with Crippen molar-refractivity contribution in [1.29, 1.82) is 5.26 Å². The van der Waals surface area contributed by atoms with Crippen LogP contribution in [0.2, 0.25) is 0 Å². The van der Waals surface area contributed by atoms with Crippen LogP contribution in [-0.4, -0.2) is 77.4 Å². The standard InChI is InChI=1S/C50H48F2N8O8/c1-4-30-24-31(41-36(27-53)45(54)66-47-42(41)44(58-59-47)34-14-18-60(3)28-34)9-11-37(30)65-23-22-64-21-20-63-19-17-55-46(61)33-7-5-6-32(25-33)43-29(2)8-13-40(56-43)57-48(62)49(15-16-49)35-10-12-38-39(26-35)68-50(51,52)67-38/h5-14,18,24-26,28,41H,4,15-17,19-23,54H2,1-3H3,(H,55,61)(H,58,59)(H,56,57,62). The summed E-state index contributed by atoms with van der Waals surface area (Å²) in [4.78, 5) is 31.4. The van der Waals surface area contributed by atoms with Crippen LogP contribution in [0.15, 0.2) is 103 Å². The van der Waals surface area contributed by atoms with Gasteiger partial charge in [-0.3, -0.25) is 14.7 Å². The van der Waals surface area contributed by atoms with Crippen LogP contribution >= 0.6 is 0 Å². The Morgan fingerprint density at radius 2 is 1.76 bits per heavy atom. The van der Waals surface area contributed by atoms with E-state index in [1.807, 2.05) is 74.3 Å². The zero-order chi connectivity index (χ0) is 47.6. The summed E-state index contributed by atoms with van der Waals surface area (Å²) in [6.07, 6.45) is 1.90. The minimum Gasteiger partial charge on any atom is -0.491 e. The number of carbonyl (C=O) groups is 2. The molecule has 2 aliphatic heterocycles. The van der Waals surface area contributed by atoms with Gasteiger partial charge in [0.15, 0.2) is 11.5 Å². The van der Waals surface area contributed by atoms with Crippen molar-refractivity contribution < 1.29 is 46.8 Å². The quantitative estimate of drug-likeness (QED) is 0.0622. The first-order valence-electron chi connectivity index (χ1n) is 22.1. The number of allylic oxidation sites excluding steroid dienone is 1. The van der Waals surface area contributed by atoms with Crippen molar-refractivity contribution >= 4 is 17.6 Å². The number of ether oxygens (including phenoxy) is 6. The summed E-state index contributed by atoms with van der Waals surface area (Å²) in [6.45, 7) is 5.75. The number of hydrogen-bond donors (Lipinski definition) is 4. The third-order valence-electron chi connectivity index (χ3n) is 12.1. The maximum atomic E-state index is 13.6. The van der Waals surface area contributed by atoms with E-state index in [4.69, 9.17) is 29.7 Å². The summed E-state index contributed by atoms with van der Waals surface area (Å²) in [7, 11) is 1.93. The molecule has 1 unspecified atom stereocenters. The molecule has 6 aromatic rings. The molecule has 5 N–H and O–H groups in total. The van der Waals surface area contributed by atoms with E-state index < -0.39 is 17.6 Å². The van der Waals surface area contributed by atoms with Crippen LogP contribution < -0.4 is 35.3 Å². The average Bonchev–Trinajstić information content (AvgIpc) is 3.70. The summed E-state index contributed by atoms with van der Waals surface area (Å²) in [6, 6.07) is 25.0. The van der Waals surface area contributed by atoms with Gasteiger partial charge >= 0.3 is 6.29 Å². The number of H-pyrrole nitrogens is 1. The highest BCUT2D eigenvalue weighted by Crippen LogP contribution is 2.52. The van der Waals surface area contributed by atoms with Gasteiger partial charge in [0, 0.05) is 42.7 Å². The van der Waals surface area contributed by atoms with Gasteiger partial charge in [0.2, 0.25) is 17.7 Å². The zero-order valence-corrected chi connectivity index (χ0v) is 37.5. The Balaban J connectivity index is 0.715. The maximum Gasteiger partial charge on any atom is 0.586 e. The summed E-state index contributed by atoms with van der Waals surface area (Å²) < 4.78 is 61.6. The largest absolute Gasteiger partial charge is 0.586 e. The number of anilines is 1. The second-order valence-electron chi connectivity index (χ2n) is 16.7. The first-order chi connectivity index (χ1) is 32.9. The van der Waals surface area contributed by atoms with E-state index in [9.17, 15) is 23.6 Å². The molecule has 3 aliphatic rings. The van der Waals surface area contributed by atoms with Crippen LogP contribution in [0.1, 0.15) is 63.9 Å². The number of nitrogens with zero attached hydrogens (tertiary/aromatic N) is 4. The van der Waals surface area contributed by atoms with Gasteiger partial charge in [-0.25, -0.2) is 4.98 Å². The number of pyridine rings is 1. The fourth-order valence-corrected chi connectivity index (χ4v) is 8.47. The van der Waals surface area contributed by atoms with E-state index in [1.165, 1.54) is 12.1 Å². The van der Waals surface area contributed by atoms with Crippen molar-refractivity contribution in [3.63, 3.8) is 0 Å². The topological polar surface area (TPSA) is 210 Å². The highest BCUT2D eigenvalue weighted by Gasteiger charge is 2.53. The monoisotopic (exact) mass is 926 g/mol. The van der Waals surface area contributed by atoms with Gasteiger partial charge in [0.1, 0.15) is 29.8 Å². The number of aryl methyl sites for hydroxylation is 3. The Bertz CT molecular complexity index is 2970. The van der Waals surface area contributed by atoms with Crippen molar-refractivity contribution in [3.8, 4) is 51.7 Å². The third-order valence-corrected chi connectivity index (χ3v) is 12.1. The highest BCUT2D eigenvalue weighted by atomic mass is 19.3. The zero-order valence-electron chi connectivity index (χ0n) is 37.5. The fourth-order valence-electron chi connectivity index (χ4n) is 8.47. The lowest BCUT2D eigenvalue weighted by Gasteiger charge is -2.25. The van der Waals surface area contributed by atoms with Crippen LogP contribution in [-0.2, 0) is 33.2 Å². The molecule has 1 fully saturated rings. The number of nitriles is 1. The number of carbonyl (C=O) groups excluding carboxylic acids is 2. The lowest BCUT2D eigenvalue weighted by Crippen LogP contribution is -2.28. The molecule has 0 saturated heterocycles. The number of aromatic nitrogens is 4. The lowest BCUT2D eigenvalue weighted by atomic mass is 9.82. The maximum absolute atomic E-state index is 13.6.